The SMILES string of the molecule is C=C(C)C(=O)OCCOc1ccc(C=CC(=N)c2ccccc2)cc1. The fourth-order valence-corrected chi connectivity index (χ4v) is 1.99. The average molecular weight is 335 g/mol. The van der Waals surface area contributed by atoms with E-state index in [4.69, 9.17) is 14.9 Å². The maximum absolute atomic E-state index is 11.2. The van der Waals surface area contributed by atoms with E-state index in [2.05, 4.69) is 6.58 Å². The third-order valence-corrected chi connectivity index (χ3v) is 3.34. The molecule has 0 atom stereocenters. The molecule has 2 aromatic carbocycles. The number of allylic oxidation sites excluding steroid dienone is 1. The number of ether oxygens (including phenoxy) is 2. The van der Waals surface area contributed by atoms with Crippen LogP contribution in [0, 0.1) is 5.41 Å². The van der Waals surface area contributed by atoms with Crippen molar-refractivity contribution < 1.29 is 14.3 Å². The van der Waals surface area contributed by atoms with Gasteiger partial charge in [0.2, 0.25) is 0 Å². The molecule has 0 amide bonds. The highest BCUT2D eigenvalue weighted by Crippen LogP contribution is 2.13. The molecule has 0 fully saturated rings. The van der Waals surface area contributed by atoms with Crippen LogP contribution in [0.4, 0.5) is 0 Å². The number of carbonyl (C=O) groups excluding carboxylic acids is 1. The van der Waals surface area contributed by atoms with Gasteiger partial charge in [0, 0.05) is 5.57 Å². The summed E-state index contributed by atoms with van der Waals surface area (Å²) in [6, 6.07) is 17.1. The minimum Gasteiger partial charge on any atom is -0.490 e. The van der Waals surface area contributed by atoms with E-state index in [9.17, 15) is 4.79 Å². The molecule has 1 N–H and O–H groups in total. The van der Waals surface area contributed by atoms with Crippen molar-refractivity contribution in [2.24, 2.45) is 0 Å². The van der Waals surface area contributed by atoms with Crippen LogP contribution < -0.4 is 4.74 Å². The first-order valence-corrected chi connectivity index (χ1v) is 7.94. The van der Waals surface area contributed by atoms with E-state index in [-0.39, 0.29) is 13.2 Å². The molecule has 0 aromatic heterocycles. The van der Waals surface area contributed by atoms with Crippen LogP contribution in [0.25, 0.3) is 6.08 Å². The Morgan fingerprint density at radius 3 is 2.40 bits per heavy atom. The van der Waals surface area contributed by atoms with Gasteiger partial charge >= 0.3 is 5.97 Å². The summed E-state index contributed by atoms with van der Waals surface area (Å²) >= 11 is 0. The Bertz CT molecular complexity index is 761. The zero-order valence-corrected chi connectivity index (χ0v) is 14.2. The molecule has 128 valence electrons. The van der Waals surface area contributed by atoms with E-state index in [0.717, 1.165) is 11.1 Å². The van der Waals surface area contributed by atoms with E-state index in [1.165, 1.54) is 0 Å². The summed E-state index contributed by atoms with van der Waals surface area (Å²) in [6.45, 7) is 5.58. The van der Waals surface area contributed by atoms with Gasteiger partial charge < -0.3 is 14.9 Å². The smallest absolute Gasteiger partial charge is 0.333 e. The van der Waals surface area contributed by atoms with E-state index < -0.39 is 5.97 Å². The molecule has 4 heteroatoms. The van der Waals surface area contributed by atoms with Gasteiger partial charge in [0.05, 0.1) is 5.71 Å². The van der Waals surface area contributed by atoms with Gasteiger partial charge in [0.1, 0.15) is 19.0 Å². The Morgan fingerprint density at radius 2 is 1.76 bits per heavy atom. The van der Waals surface area contributed by atoms with Gasteiger partial charge in [-0.05, 0) is 36.3 Å². The van der Waals surface area contributed by atoms with Crippen molar-refractivity contribution in [2.75, 3.05) is 13.2 Å². The number of carbonyl (C=O) groups is 1. The lowest BCUT2D eigenvalue weighted by Crippen LogP contribution is -2.12. The topological polar surface area (TPSA) is 59.4 Å². The molecule has 0 aliphatic carbocycles. The second-order valence-electron chi connectivity index (χ2n) is 5.45. The predicted octanol–water partition coefficient (Wildman–Crippen LogP) is 4.27. The van der Waals surface area contributed by atoms with Crippen molar-refractivity contribution in [1.29, 1.82) is 5.41 Å². The van der Waals surface area contributed by atoms with Crippen molar-refractivity contribution in [3.8, 4) is 5.75 Å². The third kappa shape index (κ3) is 6.11. The first-order valence-electron chi connectivity index (χ1n) is 7.94. The van der Waals surface area contributed by atoms with Crippen LogP contribution in [-0.4, -0.2) is 24.9 Å². The average Bonchev–Trinajstić information content (AvgIpc) is 2.64. The normalized spacial score (nSPS) is 10.4. The molecule has 0 heterocycles. The molecule has 2 rings (SSSR count). The second-order valence-corrected chi connectivity index (χ2v) is 5.45. The lowest BCUT2D eigenvalue weighted by atomic mass is 10.1. The number of nitrogens with one attached hydrogen (secondary N) is 1. The van der Waals surface area contributed by atoms with Gasteiger partial charge in [-0.25, -0.2) is 4.79 Å². The molecule has 0 saturated heterocycles. The first-order chi connectivity index (χ1) is 12.1. The summed E-state index contributed by atoms with van der Waals surface area (Å²) in [4.78, 5) is 11.2. The van der Waals surface area contributed by atoms with Crippen LogP contribution in [-0.2, 0) is 9.53 Å². The van der Waals surface area contributed by atoms with Crippen molar-refractivity contribution in [3.63, 3.8) is 0 Å². The van der Waals surface area contributed by atoms with Gasteiger partial charge in [0.25, 0.3) is 0 Å². The van der Waals surface area contributed by atoms with Gasteiger partial charge in [-0.2, -0.15) is 0 Å². The molecule has 0 saturated carbocycles. The molecule has 4 nitrogen and oxygen atoms in total. The van der Waals surface area contributed by atoms with Crippen LogP contribution in [0.1, 0.15) is 18.1 Å². The fourth-order valence-electron chi connectivity index (χ4n) is 1.99. The largest absolute Gasteiger partial charge is 0.490 e. The maximum Gasteiger partial charge on any atom is 0.333 e. The minimum absolute atomic E-state index is 0.182. The van der Waals surface area contributed by atoms with Crippen molar-refractivity contribution >= 4 is 17.8 Å². The molecule has 0 aliphatic rings. The maximum atomic E-state index is 11.2. The lowest BCUT2D eigenvalue weighted by Gasteiger charge is -2.07. The van der Waals surface area contributed by atoms with E-state index in [1.54, 1.807) is 13.0 Å². The quantitative estimate of drug-likeness (QED) is 0.339. The van der Waals surface area contributed by atoms with Gasteiger partial charge in [0.15, 0.2) is 0 Å². The molecule has 2 aromatic rings. The molecule has 0 unspecified atom stereocenters. The van der Waals surface area contributed by atoms with E-state index in [0.29, 0.717) is 17.0 Å². The zero-order chi connectivity index (χ0) is 18.1. The molecular formula is C21H21NO3. The van der Waals surface area contributed by atoms with Crippen molar-refractivity contribution in [2.45, 2.75) is 6.92 Å². The Morgan fingerprint density at radius 1 is 1.08 bits per heavy atom. The standard InChI is InChI=1S/C21H21NO3/c1-16(2)21(23)25-15-14-24-19-11-8-17(9-12-19)10-13-20(22)18-6-4-3-5-7-18/h3-13,22H,1,14-15H2,2H3. The fraction of sp³-hybridized carbons (Fsp3) is 0.143. The highest BCUT2D eigenvalue weighted by atomic mass is 16.6. The first kappa shape index (κ1) is 18.2. The number of hydrogen-bond acceptors (Lipinski definition) is 4. The van der Waals surface area contributed by atoms with Crippen molar-refractivity contribution in [3.05, 3.63) is 84.0 Å². The van der Waals surface area contributed by atoms with Crippen LogP contribution in [0.15, 0.2) is 72.8 Å². The monoisotopic (exact) mass is 335 g/mol. The van der Waals surface area contributed by atoms with Gasteiger partial charge in [-0.15, -0.1) is 0 Å². The summed E-state index contributed by atoms with van der Waals surface area (Å²) in [5, 5.41) is 8.04. The summed E-state index contributed by atoms with van der Waals surface area (Å²) in [7, 11) is 0. The molecule has 25 heavy (non-hydrogen) atoms. The summed E-state index contributed by atoms with van der Waals surface area (Å²) in [6.07, 6.45) is 3.65. The molecular weight excluding hydrogens is 314 g/mol. The van der Waals surface area contributed by atoms with Crippen LogP contribution in [0.2, 0.25) is 0 Å². The van der Waals surface area contributed by atoms with E-state index in [1.807, 2.05) is 60.7 Å². The van der Waals surface area contributed by atoms with Crippen molar-refractivity contribution in [1.82, 2.24) is 0 Å². The third-order valence-electron chi connectivity index (χ3n) is 3.34. The van der Waals surface area contributed by atoms with E-state index >= 15 is 0 Å². The van der Waals surface area contributed by atoms with Crippen LogP contribution in [0.3, 0.4) is 0 Å². The van der Waals surface area contributed by atoms with Crippen LogP contribution in [0.5, 0.6) is 5.75 Å². The summed E-state index contributed by atoms with van der Waals surface area (Å²) in [5.74, 6) is 0.284. The summed E-state index contributed by atoms with van der Waals surface area (Å²) in [5.41, 5.74) is 2.68. The Hall–Kier alpha value is -3.14. The molecule has 0 aliphatic heterocycles. The minimum atomic E-state index is -0.412. The number of esters is 1. The van der Waals surface area contributed by atoms with Gasteiger partial charge in [-0.1, -0.05) is 55.1 Å². The number of hydrogen-bond donors (Lipinski definition) is 1. The summed E-state index contributed by atoms with van der Waals surface area (Å²) < 4.78 is 10.5. The van der Waals surface area contributed by atoms with Crippen LogP contribution >= 0.6 is 0 Å². The number of rotatable bonds is 8. The molecule has 0 radical (unpaired) electrons. The second kappa shape index (κ2) is 9.23. The highest BCUT2D eigenvalue weighted by Gasteiger charge is 2.02. The highest BCUT2D eigenvalue weighted by molar-refractivity contribution is 6.08. The lowest BCUT2D eigenvalue weighted by molar-refractivity contribution is -0.139. The number of benzene rings is 2. The zero-order valence-electron chi connectivity index (χ0n) is 14.2. The van der Waals surface area contributed by atoms with Gasteiger partial charge in [-0.3, -0.25) is 0 Å². The molecule has 0 bridgehead atoms. The molecule has 0 spiro atoms. The Kier molecular flexibility index (Phi) is 6.72. The Balaban J connectivity index is 1.81. The predicted molar refractivity (Wildman–Crippen MR) is 100 cm³/mol. The Labute approximate surface area is 147 Å².